The topological polar surface area (TPSA) is 25.2 Å². The van der Waals surface area contributed by atoms with Crippen LogP contribution in [0.5, 0.6) is 0 Å². The highest BCUT2D eigenvalue weighted by molar-refractivity contribution is 7.99. The Labute approximate surface area is 139 Å². The second-order valence-corrected chi connectivity index (χ2v) is 6.50. The number of thioether (sulfide) groups is 1. The van der Waals surface area contributed by atoms with Gasteiger partial charge in [-0.3, -0.25) is 0 Å². The Morgan fingerprint density at radius 1 is 1.14 bits per heavy atom. The summed E-state index contributed by atoms with van der Waals surface area (Å²) < 4.78 is 6.81. The highest BCUT2D eigenvalue weighted by Crippen LogP contribution is 2.29. The average Bonchev–Trinajstić information content (AvgIpc) is 2.55. The third kappa shape index (κ3) is 3.24. The summed E-state index contributed by atoms with van der Waals surface area (Å²) in [5.74, 6) is 1.01. The van der Waals surface area contributed by atoms with E-state index >= 15 is 0 Å². The molecule has 22 heavy (non-hydrogen) atoms. The Morgan fingerprint density at radius 3 is 2.82 bits per heavy atom. The van der Waals surface area contributed by atoms with Gasteiger partial charge in [-0.15, -0.1) is 18.3 Å². The van der Waals surface area contributed by atoms with Gasteiger partial charge in [0.1, 0.15) is 11.2 Å². The molecule has 0 spiro atoms. The van der Waals surface area contributed by atoms with E-state index in [1.807, 2.05) is 48.2 Å². The van der Waals surface area contributed by atoms with Crippen molar-refractivity contribution >= 4 is 45.9 Å². The van der Waals surface area contributed by atoms with Crippen molar-refractivity contribution in [1.29, 1.82) is 0 Å². The van der Waals surface area contributed by atoms with Gasteiger partial charge in [0.15, 0.2) is 0 Å². The predicted molar refractivity (Wildman–Crippen MR) is 98.3 cm³/mol. The van der Waals surface area contributed by atoms with Crippen molar-refractivity contribution in [1.82, 2.24) is 5.32 Å². The highest BCUT2D eigenvalue weighted by atomic mass is 32.2. The Hall–Kier alpha value is -1.62. The monoisotopic (exact) mass is 327 g/mol. The van der Waals surface area contributed by atoms with E-state index < -0.39 is 0 Å². The Balaban J connectivity index is 1.89. The lowest BCUT2D eigenvalue weighted by Crippen LogP contribution is -2.16. The lowest BCUT2D eigenvalue weighted by molar-refractivity contribution is 0.660. The Bertz CT molecular complexity index is 870. The molecule has 0 aliphatic rings. The summed E-state index contributed by atoms with van der Waals surface area (Å²) in [6, 6.07) is 14.2. The van der Waals surface area contributed by atoms with Crippen LogP contribution in [0.2, 0.25) is 0 Å². The molecule has 0 atom stereocenters. The van der Waals surface area contributed by atoms with E-state index in [1.54, 1.807) is 0 Å². The standard InChI is InChI=1S/C18H17NOS2/c1-2-9-19-10-11-22-13-7-8-17-15(12-13)18(21)14-5-3-4-6-16(14)20-17/h2-8,12,19H,1,9-11H2. The first kappa shape index (κ1) is 15.3. The molecule has 0 saturated heterocycles. The van der Waals surface area contributed by atoms with Crippen LogP contribution in [0.3, 0.4) is 0 Å². The average molecular weight is 327 g/mol. The number of benzene rings is 2. The lowest BCUT2D eigenvalue weighted by atomic mass is 10.1. The van der Waals surface area contributed by atoms with Gasteiger partial charge in [0.25, 0.3) is 0 Å². The smallest absolute Gasteiger partial charge is 0.136 e. The molecule has 1 aromatic heterocycles. The van der Waals surface area contributed by atoms with Crippen molar-refractivity contribution in [2.75, 3.05) is 18.8 Å². The summed E-state index contributed by atoms with van der Waals surface area (Å²) in [6.45, 7) is 5.50. The minimum Gasteiger partial charge on any atom is -0.456 e. The van der Waals surface area contributed by atoms with Gasteiger partial charge < -0.3 is 9.73 Å². The van der Waals surface area contributed by atoms with Crippen molar-refractivity contribution in [2.45, 2.75) is 4.90 Å². The summed E-state index contributed by atoms with van der Waals surface area (Å²) in [5, 5.41) is 5.31. The molecule has 0 aliphatic carbocycles. The van der Waals surface area contributed by atoms with Gasteiger partial charge >= 0.3 is 0 Å². The number of nitrogens with one attached hydrogen (secondary N) is 1. The zero-order valence-electron chi connectivity index (χ0n) is 12.2. The number of para-hydroxylation sites is 1. The van der Waals surface area contributed by atoms with Crippen LogP contribution in [0.25, 0.3) is 21.9 Å². The van der Waals surface area contributed by atoms with Gasteiger partial charge in [-0.1, -0.05) is 30.4 Å². The molecular weight excluding hydrogens is 310 g/mol. The van der Waals surface area contributed by atoms with Crippen LogP contribution in [0, 0.1) is 4.51 Å². The third-order valence-electron chi connectivity index (χ3n) is 3.38. The summed E-state index contributed by atoms with van der Waals surface area (Å²) in [6.07, 6.45) is 1.87. The molecule has 0 amide bonds. The first-order chi connectivity index (χ1) is 10.8. The Kier molecular flexibility index (Phi) is 4.93. The molecule has 1 N–H and O–H groups in total. The molecule has 2 nitrogen and oxygen atoms in total. The third-order valence-corrected chi connectivity index (χ3v) is 4.82. The van der Waals surface area contributed by atoms with Crippen LogP contribution in [0.1, 0.15) is 0 Å². The van der Waals surface area contributed by atoms with Crippen LogP contribution in [-0.2, 0) is 0 Å². The van der Waals surface area contributed by atoms with Gasteiger partial charge in [-0.05, 0) is 30.3 Å². The summed E-state index contributed by atoms with van der Waals surface area (Å²) in [5.41, 5.74) is 1.69. The SMILES string of the molecule is C=CCNCCSc1ccc2oc3ccccc3c(=S)c2c1. The normalized spacial score (nSPS) is 11.1. The predicted octanol–water partition coefficient (Wildman–Crippen LogP) is 5.18. The zero-order chi connectivity index (χ0) is 15.4. The van der Waals surface area contributed by atoms with Crippen molar-refractivity contribution in [2.24, 2.45) is 0 Å². The van der Waals surface area contributed by atoms with E-state index in [9.17, 15) is 0 Å². The van der Waals surface area contributed by atoms with Crippen LogP contribution >= 0.6 is 24.0 Å². The number of rotatable bonds is 6. The summed E-state index contributed by atoms with van der Waals surface area (Å²) in [7, 11) is 0. The highest BCUT2D eigenvalue weighted by Gasteiger charge is 2.05. The minimum absolute atomic E-state index is 0.842. The molecule has 0 saturated carbocycles. The van der Waals surface area contributed by atoms with Crippen molar-refractivity contribution < 1.29 is 4.42 Å². The number of hydrogen-bond acceptors (Lipinski definition) is 4. The summed E-state index contributed by atoms with van der Waals surface area (Å²) in [4.78, 5) is 1.21. The quantitative estimate of drug-likeness (QED) is 0.222. The Morgan fingerprint density at radius 2 is 1.95 bits per heavy atom. The van der Waals surface area contributed by atoms with Crippen molar-refractivity contribution in [3.63, 3.8) is 0 Å². The number of fused-ring (bicyclic) bond motifs is 2. The van der Waals surface area contributed by atoms with Crippen LogP contribution < -0.4 is 5.32 Å². The van der Waals surface area contributed by atoms with E-state index in [0.717, 1.165) is 45.3 Å². The molecule has 0 radical (unpaired) electrons. The van der Waals surface area contributed by atoms with Crippen molar-refractivity contribution in [3.8, 4) is 0 Å². The molecular formula is C18H17NOS2. The number of hydrogen-bond donors (Lipinski definition) is 1. The second-order valence-electron chi connectivity index (χ2n) is 4.93. The van der Waals surface area contributed by atoms with Crippen molar-refractivity contribution in [3.05, 3.63) is 59.6 Å². The lowest BCUT2D eigenvalue weighted by Gasteiger charge is -2.06. The van der Waals surface area contributed by atoms with Crippen LogP contribution in [0.15, 0.2) is 64.4 Å². The molecule has 2 aromatic carbocycles. The van der Waals surface area contributed by atoms with Gasteiger partial charge in [0.05, 0.1) is 4.51 Å². The maximum absolute atomic E-state index is 5.94. The van der Waals surface area contributed by atoms with E-state index in [-0.39, 0.29) is 0 Å². The first-order valence-electron chi connectivity index (χ1n) is 7.19. The minimum atomic E-state index is 0.842. The van der Waals surface area contributed by atoms with Gasteiger partial charge in [0.2, 0.25) is 0 Å². The molecule has 1 heterocycles. The first-order valence-corrected chi connectivity index (χ1v) is 8.59. The molecule has 3 rings (SSSR count). The van der Waals surface area contributed by atoms with E-state index in [4.69, 9.17) is 16.6 Å². The fourth-order valence-electron chi connectivity index (χ4n) is 2.32. The molecule has 3 aromatic rings. The maximum atomic E-state index is 5.94. The maximum Gasteiger partial charge on any atom is 0.136 e. The summed E-state index contributed by atoms with van der Waals surface area (Å²) >= 11 is 7.45. The van der Waals surface area contributed by atoms with Gasteiger partial charge in [-0.2, -0.15) is 0 Å². The van der Waals surface area contributed by atoms with Gasteiger partial charge in [0, 0.05) is 34.5 Å². The largest absolute Gasteiger partial charge is 0.456 e. The molecule has 0 aliphatic heterocycles. The molecule has 4 heteroatoms. The van der Waals surface area contributed by atoms with Crippen LogP contribution in [0.4, 0.5) is 0 Å². The van der Waals surface area contributed by atoms with E-state index in [0.29, 0.717) is 0 Å². The molecule has 112 valence electrons. The molecule has 0 fully saturated rings. The van der Waals surface area contributed by atoms with Gasteiger partial charge in [-0.25, -0.2) is 0 Å². The molecule has 0 bridgehead atoms. The fourth-order valence-corrected chi connectivity index (χ4v) is 3.49. The fraction of sp³-hybridized carbons (Fsp3) is 0.167. The van der Waals surface area contributed by atoms with Crippen LogP contribution in [-0.4, -0.2) is 18.8 Å². The van der Waals surface area contributed by atoms with E-state index in [2.05, 4.69) is 24.0 Å². The zero-order valence-corrected chi connectivity index (χ0v) is 13.8. The second kappa shape index (κ2) is 7.09. The molecule has 0 unspecified atom stereocenters. The van der Waals surface area contributed by atoms with E-state index in [1.165, 1.54) is 4.90 Å².